The number of para-hydroxylation sites is 1. The molecule has 3 aromatic rings. The molecule has 8 heteroatoms. The Bertz CT molecular complexity index is 1060. The second-order valence-electron chi connectivity index (χ2n) is 6.48. The Morgan fingerprint density at radius 2 is 1.86 bits per heavy atom. The van der Waals surface area contributed by atoms with Gasteiger partial charge in [0.1, 0.15) is 11.5 Å². The number of nitrogens with one attached hydrogen (secondary N) is 1. The minimum absolute atomic E-state index is 0.149. The van der Waals surface area contributed by atoms with Crippen LogP contribution >= 0.6 is 11.3 Å². The van der Waals surface area contributed by atoms with E-state index in [1.165, 1.54) is 28.5 Å². The third-order valence-electron chi connectivity index (χ3n) is 4.36. The molecule has 0 fully saturated rings. The summed E-state index contributed by atoms with van der Waals surface area (Å²) < 4.78 is 13.0. The molecule has 0 aliphatic carbocycles. The van der Waals surface area contributed by atoms with Gasteiger partial charge in [-0.05, 0) is 29.8 Å². The first-order chi connectivity index (χ1) is 14.1. The number of hydrogen-bond donors (Lipinski definition) is 1. The van der Waals surface area contributed by atoms with Gasteiger partial charge in [0.2, 0.25) is 5.91 Å². The number of aromatic nitrogens is 1. The Hall–Kier alpha value is -3.39. The lowest BCUT2D eigenvalue weighted by molar-refractivity contribution is -0.118. The fourth-order valence-corrected chi connectivity index (χ4v) is 3.75. The van der Waals surface area contributed by atoms with Gasteiger partial charge in [0.15, 0.2) is 5.13 Å². The lowest BCUT2D eigenvalue weighted by atomic mass is 10.1. The number of thiazole rings is 1. The molecule has 0 saturated carbocycles. The first kappa shape index (κ1) is 18.9. The van der Waals surface area contributed by atoms with Gasteiger partial charge in [-0.25, -0.2) is 14.4 Å². The van der Waals surface area contributed by atoms with Crippen molar-refractivity contribution in [3.63, 3.8) is 0 Å². The van der Waals surface area contributed by atoms with E-state index in [2.05, 4.69) is 15.4 Å². The molecule has 2 heterocycles. The van der Waals surface area contributed by atoms with Crippen molar-refractivity contribution in [2.45, 2.75) is 19.3 Å². The molecular weight excluding hydrogens is 391 g/mol. The summed E-state index contributed by atoms with van der Waals surface area (Å²) in [6.45, 7) is 0. The zero-order chi connectivity index (χ0) is 20.2. The third kappa shape index (κ3) is 4.55. The Kier molecular flexibility index (Phi) is 5.44. The molecular formula is C21H17FN4O2S. The molecule has 2 aromatic carbocycles. The van der Waals surface area contributed by atoms with Crippen molar-refractivity contribution in [3.8, 4) is 0 Å². The van der Waals surface area contributed by atoms with E-state index in [4.69, 9.17) is 0 Å². The van der Waals surface area contributed by atoms with Gasteiger partial charge in [0.05, 0.1) is 5.69 Å². The zero-order valence-electron chi connectivity index (χ0n) is 15.3. The topological polar surface area (TPSA) is 74.7 Å². The van der Waals surface area contributed by atoms with Crippen LogP contribution < -0.4 is 10.3 Å². The highest BCUT2D eigenvalue weighted by Gasteiger charge is 2.26. The van der Waals surface area contributed by atoms with Crippen molar-refractivity contribution in [1.82, 2.24) is 4.98 Å². The SMILES string of the molecule is O=C(Nc1ncc(Cc2ccc(F)cc2)s1)C1=NN(c2ccccc2)C(=O)CC1. The molecule has 4 rings (SSSR count). The Balaban J connectivity index is 1.44. The largest absolute Gasteiger partial charge is 0.297 e. The van der Waals surface area contributed by atoms with Crippen LogP contribution in [0.4, 0.5) is 15.2 Å². The highest BCUT2D eigenvalue weighted by molar-refractivity contribution is 7.15. The first-order valence-corrected chi connectivity index (χ1v) is 9.86. The number of halogens is 1. The lowest BCUT2D eigenvalue weighted by Gasteiger charge is -2.22. The molecule has 1 aliphatic heterocycles. The van der Waals surface area contributed by atoms with E-state index in [-0.39, 0.29) is 36.2 Å². The van der Waals surface area contributed by atoms with Gasteiger partial charge in [-0.2, -0.15) is 5.10 Å². The maximum Gasteiger partial charge on any atom is 0.273 e. The summed E-state index contributed by atoms with van der Waals surface area (Å²) in [7, 11) is 0. The van der Waals surface area contributed by atoms with Crippen LogP contribution in [0.2, 0.25) is 0 Å². The van der Waals surface area contributed by atoms with Crippen LogP contribution in [0.1, 0.15) is 23.3 Å². The summed E-state index contributed by atoms with van der Waals surface area (Å²) in [5.74, 6) is -0.799. The number of benzene rings is 2. The summed E-state index contributed by atoms with van der Waals surface area (Å²) in [4.78, 5) is 30.0. The molecule has 0 atom stereocenters. The van der Waals surface area contributed by atoms with Gasteiger partial charge in [-0.15, -0.1) is 11.3 Å². The molecule has 29 heavy (non-hydrogen) atoms. The van der Waals surface area contributed by atoms with Gasteiger partial charge in [-0.3, -0.25) is 14.9 Å². The van der Waals surface area contributed by atoms with Crippen LogP contribution in [0.5, 0.6) is 0 Å². The van der Waals surface area contributed by atoms with Crippen LogP contribution in [0, 0.1) is 5.82 Å². The monoisotopic (exact) mass is 408 g/mol. The normalized spacial score (nSPS) is 13.9. The van der Waals surface area contributed by atoms with E-state index in [9.17, 15) is 14.0 Å². The molecule has 0 bridgehead atoms. The van der Waals surface area contributed by atoms with Crippen molar-refractivity contribution in [2.24, 2.45) is 5.10 Å². The number of rotatable bonds is 5. The average Bonchev–Trinajstić information content (AvgIpc) is 3.17. The summed E-state index contributed by atoms with van der Waals surface area (Å²) >= 11 is 1.35. The van der Waals surface area contributed by atoms with Crippen LogP contribution in [0.25, 0.3) is 0 Å². The number of anilines is 2. The molecule has 0 radical (unpaired) electrons. The minimum Gasteiger partial charge on any atom is -0.297 e. The minimum atomic E-state index is -0.374. The third-order valence-corrected chi connectivity index (χ3v) is 5.27. The number of amides is 2. The summed E-state index contributed by atoms with van der Waals surface area (Å²) in [6, 6.07) is 15.3. The standard InChI is InChI=1S/C21H17FN4O2S/c22-15-8-6-14(7-9-15)12-17-13-23-21(29-17)24-20(28)18-10-11-19(27)26(25-18)16-4-2-1-3-5-16/h1-9,13H,10-12H2,(H,23,24,28). The summed E-state index contributed by atoms with van der Waals surface area (Å²) in [5, 5.41) is 8.72. The number of hydrazone groups is 1. The van der Waals surface area contributed by atoms with E-state index in [1.54, 1.807) is 30.5 Å². The number of carbonyl (C=O) groups is 2. The van der Waals surface area contributed by atoms with E-state index in [0.29, 0.717) is 17.2 Å². The molecule has 1 aromatic heterocycles. The molecule has 0 saturated heterocycles. The van der Waals surface area contributed by atoms with Crippen molar-refractivity contribution in [3.05, 3.63) is 77.1 Å². The van der Waals surface area contributed by atoms with Crippen molar-refractivity contribution >= 4 is 39.7 Å². The second-order valence-corrected chi connectivity index (χ2v) is 7.59. The maximum atomic E-state index is 13.0. The van der Waals surface area contributed by atoms with Gasteiger partial charge in [0, 0.05) is 30.3 Å². The summed E-state index contributed by atoms with van der Waals surface area (Å²) in [5.41, 5.74) is 1.86. The smallest absolute Gasteiger partial charge is 0.273 e. The zero-order valence-corrected chi connectivity index (χ0v) is 16.2. The Morgan fingerprint density at radius 1 is 1.10 bits per heavy atom. The predicted octanol–water partition coefficient (Wildman–Crippen LogP) is 3.99. The Morgan fingerprint density at radius 3 is 2.62 bits per heavy atom. The highest BCUT2D eigenvalue weighted by atomic mass is 32.1. The van der Waals surface area contributed by atoms with Crippen LogP contribution in [-0.4, -0.2) is 22.5 Å². The Labute approximate surface area is 170 Å². The maximum absolute atomic E-state index is 13.0. The predicted molar refractivity (Wildman–Crippen MR) is 111 cm³/mol. The fourth-order valence-electron chi connectivity index (χ4n) is 2.91. The van der Waals surface area contributed by atoms with Gasteiger partial charge < -0.3 is 0 Å². The first-order valence-electron chi connectivity index (χ1n) is 9.04. The van der Waals surface area contributed by atoms with Gasteiger partial charge in [0.25, 0.3) is 5.91 Å². The van der Waals surface area contributed by atoms with Gasteiger partial charge in [-0.1, -0.05) is 30.3 Å². The summed E-state index contributed by atoms with van der Waals surface area (Å²) in [6.07, 6.45) is 2.79. The fraction of sp³-hybridized carbons (Fsp3) is 0.143. The average molecular weight is 408 g/mol. The molecule has 1 aliphatic rings. The molecule has 0 unspecified atom stereocenters. The molecule has 0 spiro atoms. The second kappa shape index (κ2) is 8.32. The highest BCUT2D eigenvalue weighted by Crippen LogP contribution is 2.23. The van der Waals surface area contributed by atoms with Crippen molar-refractivity contribution in [2.75, 3.05) is 10.3 Å². The van der Waals surface area contributed by atoms with E-state index >= 15 is 0 Å². The van der Waals surface area contributed by atoms with E-state index in [1.807, 2.05) is 18.2 Å². The quantitative estimate of drug-likeness (QED) is 0.694. The molecule has 146 valence electrons. The van der Waals surface area contributed by atoms with Crippen molar-refractivity contribution < 1.29 is 14.0 Å². The van der Waals surface area contributed by atoms with Crippen LogP contribution in [0.3, 0.4) is 0 Å². The van der Waals surface area contributed by atoms with E-state index < -0.39 is 0 Å². The molecule has 6 nitrogen and oxygen atoms in total. The van der Waals surface area contributed by atoms with Gasteiger partial charge >= 0.3 is 0 Å². The van der Waals surface area contributed by atoms with Crippen molar-refractivity contribution in [1.29, 1.82) is 0 Å². The number of nitrogens with zero attached hydrogens (tertiary/aromatic N) is 3. The molecule has 2 amide bonds. The van der Waals surface area contributed by atoms with Crippen LogP contribution in [0.15, 0.2) is 65.9 Å². The van der Waals surface area contributed by atoms with E-state index in [0.717, 1.165) is 10.4 Å². The molecule has 1 N–H and O–H groups in total. The number of carbonyl (C=O) groups excluding carboxylic acids is 2. The number of hydrogen-bond acceptors (Lipinski definition) is 5. The lowest BCUT2D eigenvalue weighted by Crippen LogP contribution is -2.36. The van der Waals surface area contributed by atoms with Crippen LogP contribution in [-0.2, 0) is 16.0 Å².